The minimum absolute atomic E-state index is 0.0600. The molecule has 0 spiro atoms. The Morgan fingerprint density at radius 3 is 2.65 bits per heavy atom. The molecule has 0 bridgehead atoms. The highest BCUT2D eigenvalue weighted by atomic mass is 35.5. The van der Waals surface area contributed by atoms with E-state index in [4.69, 9.17) is 16.3 Å². The molecule has 0 atom stereocenters. The van der Waals surface area contributed by atoms with Crippen LogP contribution in [-0.2, 0) is 17.9 Å². The van der Waals surface area contributed by atoms with Crippen LogP contribution in [-0.4, -0.2) is 38.4 Å². The minimum atomic E-state index is 0.0600. The first-order chi connectivity index (χ1) is 15.0. The van der Waals surface area contributed by atoms with Crippen LogP contribution < -0.4 is 4.74 Å². The lowest BCUT2D eigenvalue weighted by Gasteiger charge is -2.17. The van der Waals surface area contributed by atoms with Gasteiger partial charge in [-0.15, -0.1) is 10.2 Å². The fourth-order valence-electron chi connectivity index (χ4n) is 3.20. The molecule has 0 radical (unpaired) electrons. The molecular formula is C23H25ClN4O2S. The minimum Gasteiger partial charge on any atom is -0.484 e. The Labute approximate surface area is 191 Å². The van der Waals surface area contributed by atoms with Crippen molar-refractivity contribution in [3.8, 4) is 5.75 Å². The zero-order chi connectivity index (χ0) is 21.8. The third-order valence-electron chi connectivity index (χ3n) is 5.13. The highest BCUT2D eigenvalue weighted by molar-refractivity contribution is 7.99. The molecule has 0 aliphatic heterocycles. The van der Waals surface area contributed by atoms with E-state index in [1.165, 1.54) is 17.3 Å². The SMILES string of the molecule is Cc1ccc(CN(C)C(=O)CSc2nnc(COc3ccccc3Cl)n2C2CC2)cc1. The summed E-state index contributed by atoms with van der Waals surface area (Å²) in [5.41, 5.74) is 2.33. The van der Waals surface area contributed by atoms with Crippen LogP contribution in [0.5, 0.6) is 5.75 Å². The molecule has 1 saturated carbocycles. The number of hydrogen-bond donors (Lipinski definition) is 0. The van der Waals surface area contributed by atoms with Gasteiger partial charge in [0.2, 0.25) is 5.91 Å². The number of halogens is 1. The molecule has 1 aliphatic rings. The van der Waals surface area contributed by atoms with Crippen molar-refractivity contribution in [1.29, 1.82) is 0 Å². The molecule has 1 aromatic heterocycles. The summed E-state index contributed by atoms with van der Waals surface area (Å²) in [5.74, 6) is 1.75. The van der Waals surface area contributed by atoms with E-state index in [1.807, 2.05) is 25.2 Å². The molecular weight excluding hydrogens is 432 g/mol. The highest BCUT2D eigenvalue weighted by Gasteiger charge is 2.30. The van der Waals surface area contributed by atoms with Gasteiger partial charge in [0.15, 0.2) is 11.0 Å². The molecule has 1 aliphatic carbocycles. The van der Waals surface area contributed by atoms with E-state index in [-0.39, 0.29) is 12.5 Å². The summed E-state index contributed by atoms with van der Waals surface area (Å²) in [5, 5.41) is 9.98. The van der Waals surface area contributed by atoms with Crippen LogP contribution in [0, 0.1) is 6.92 Å². The zero-order valence-corrected chi connectivity index (χ0v) is 19.2. The van der Waals surface area contributed by atoms with Crippen molar-refractivity contribution in [2.75, 3.05) is 12.8 Å². The van der Waals surface area contributed by atoms with E-state index in [9.17, 15) is 4.79 Å². The predicted octanol–water partition coefficient (Wildman–Crippen LogP) is 4.90. The number of rotatable bonds is 9. The van der Waals surface area contributed by atoms with Gasteiger partial charge in [-0.1, -0.05) is 65.3 Å². The highest BCUT2D eigenvalue weighted by Crippen LogP contribution is 2.39. The standard InChI is InChI=1S/C23H25ClN4O2S/c1-16-7-9-17(10-8-16)13-27(2)22(29)15-31-23-26-25-21(28(23)18-11-12-18)14-30-20-6-4-3-5-19(20)24/h3-10,18H,11-15H2,1-2H3. The van der Waals surface area contributed by atoms with Crippen LogP contribution in [0.2, 0.25) is 5.02 Å². The smallest absolute Gasteiger partial charge is 0.233 e. The van der Waals surface area contributed by atoms with Gasteiger partial charge in [0.1, 0.15) is 12.4 Å². The number of nitrogens with zero attached hydrogens (tertiary/aromatic N) is 4. The van der Waals surface area contributed by atoms with Crippen molar-refractivity contribution < 1.29 is 9.53 Å². The second kappa shape index (κ2) is 9.75. The largest absolute Gasteiger partial charge is 0.484 e. The summed E-state index contributed by atoms with van der Waals surface area (Å²) >= 11 is 7.60. The molecule has 0 N–H and O–H groups in total. The fraction of sp³-hybridized carbons (Fsp3) is 0.348. The van der Waals surface area contributed by atoms with Crippen molar-refractivity contribution in [3.05, 3.63) is 70.5 Å². The molecule has 162 valence electrons. The Balaban J connectivity index is 1.36. The predicted molar refractivity (Wildman–Crippen MR) is 122 cm³/mol. The van der Waals surface area contributed by atoms with E-state index in [0.717, 1.165) is 29.4 Å². The number of ether oxygens (including phenoxy) is 1. The number of benzene rings is 2. The van der Waals surface area contributed by atoms with Crippen molar-refractivity contribution in [2.24, 2.45) is 0 Å². The molecule has 0 saturated heterocycles. The number of carbonyl (C=O) groups is 1. The summed E-state index contributed by atoms with van der Waals surface area (Å²) in [6, 6.07) is 16.0. The molecule has 1 heterocycles. The summed E-state index contributed by atoms with van der Waals surface area (Å²) in [6.07, 6.45) is 2.18. The maximum atomic E-state index is 12.6. The van der Waals surface area contributed by atoms with Crippen LogP contribution in [0.4, 0.5) is 0 Å². The molecule has 4 rings (SSSR count). The molecule has 1 fully saturated rings. The first-order valence-corrected chi connectivity index (χ1v) is 11.6. The normalized spacial score (nSPS) is 13.3. The van der Waals surface area contributed by atoms with E-state index < -0.39 is 0 Å². The van der Waals surface area contributed by atoms with E-state index in [2.05, 4.69) is 46.0 Å². The van der Waals surface area contributed by atoms with Crippen LogP contribution in [0.25, 0.3) is 0 Å². The molecule has 31 heavy (non-hydrogen) atoms. The summed E-state index contributed by atoms with van der Waals surface area (Å²) in [7, 11) is 1.83. The van der Waals surface area contributed by atoms with Crippen LogP contribution >= 0.6 is 23.4 Å². The number of aromatic nitrogens is 3. The number of para-hydroxylation sites is 1. The Hall–Kier alpha value is -2.51. The number of thioether (sulfide) groups is 1. The van der Waals surface area contributed by atoms with Crippen LogP contribution in [0.15, 0.2) is 53.7 Å². The number of hydrogen-bond acceptors (Lipinski definition) is 5. The molecule has 2 aromatic carbocycles. The summed E-state index contributed by atoms with van der Waals surface area (Å²) < 4.78 is 7.96. The van der Waals surface area contributed by atoms with Gasteiger partial charge in [0.05, 0.1) is 10.8 Å². The molecule has 3 aromatic rings. The van der Waals surface area contributed by atoms with E-state index >= 15 is 0 Å². The van der Waals surface area contributed by atoms with Gasteiger partial charge >= 0.3 is 0 Å². The average Bonchev–Trinajstić information content (AvgIpc) is 3.53. The van der Waals surface area contributed by atoms with Crippen molar-refractivity contribution >= 4 is 29.3 Å². The number of amides is 1. The Morgan fingerprint density at radius 1 is 1.19 bits per heavy atom. The lowest BCUT2D eigenvalue weighted by atomic mass is 10.1. The Bertz CT molecular complexity index is 1050. The maximum absolute atomic E-state index is 12.6. The first-order valence-electron chi connectivity index (χ1n) is 10.2. The monoisotopic (exact) mass is 456 g/mol. The van der Waals surface area contributed by atoms with Gasteiger partial charge < -0.3 is 9.64 Å². The van der Waals surface area contributed by atoms with Gasteiger partial charge in [-0.2, -0.15) is 0 Å². The third kappa shape index (κ3) is 5.60. The van der Waals surface area contributed by atoms with E-state index in [0.29, 0.717) is 29.1 Å². The molecule has 0 unspecified atom stereocenters. The van der Waals surface area contributed by atoms with E-state index in [1.54, 1.807) is 11.0 Å². The quantitative estimate of drug-likeness (QED) is 0.428. The van der Waals surface area contributed by atoms with Crippen LogP contribution in [0.3, 0.4) is 0 Å². The molecule has 8 heteroatoms. The summed E-state index contributed by atoms with van der Waals surface area (Å²) in [4.78, 5) is 14.4. The van der Waals surface area contributed by atoms with Gasteiger partial charge in [0.25, 0.3) is 0 Å². The second-order valence-electron chi connectivity index (χ2n) is 7.74. The van der Waals surface area contributed by atoms with Gasteiger partial charge in [0, 0.05) is 19.6 Å². The van der Waals surface area contributed by atoms with Crippen molar-refractivity contribution in [2.45, 2.75) is 44.1 Å². The third-order valence-corrected chi connectivity index (χ3v) is 6.37. The molecule has 1 amide bonds. The van der Waals surface area contributed by atoms with Crippen LogP contribution in [0.1, 0.15) is 35.8 Å². The zero-order valence-electron chi connectivity index (χ0n) is 17.6. The van der Waals surface area contributed by atoms with Crippen molar-refractivity contribution in [3.63, 3.8) is 0 Å². The number of aryl methyl sites for hydroxylation is 1. The second-order valence-corrected chi connectivity index (χ2v) is 9.09. The maximum Gasteiger partial charge on any atom is 0.233 e. The lowest BCUT2D eigenvalue weighted by molar-refractivity contribution is -0.127. The fourth-order valence-corrected chi connectivity index (χ4v) is 4.36. The average molecular weight is 457 g/mol. The topological polar surface area (TPSA) is 60.3 Å². The van der Waals surface area contributed by atoms with Crippen molar-refractivity contribution in [1.82, 2.24) is 19.7 Å². The van der Waals surface area contributed by atoms with Gasteiger partial charge in [-0.05, 0) is 37.5 Å². The lowest BCUT2D eigenvalue weighted by Crippen LogP contribution is -2.27. The first kappa shape index (κ1) is 21.7. The Morgan fingerprint density at radius 2 is 1.94 bits per heavy atom. The van der Waals surface area contributed by atoms with Gasteiger partial charge in [-0.25, -0.2) is 0 Å². The number of carbonyl (C=O) groups excluding carboxylic acids is 1. The molecule has 6 nitrogen and oxygen atoms in total. The Kier molecular flexibility index (Phi) is 6.83. The summed E-state index contributed by atoms with van der Waals surface area (Å²) in [6.45, 7) is 2.93. The van der Waals surface area contributed by atoms with Gasteiger partial charge in [-0.3, -0.25) is 9.36 Å².